The topological polar surface area (TPSA) is 64.2 Å². The minimum Gasteiger partial charge on any atom is -0.358 e. The molecular weight excluding hydrogens is 240 g/mol. The molecule has 0 radical (unpaired) electrons. The Hall–Kier alpha value is -1.89. The summed E-state index contributed by atoms with van der Waals surface area (Å²) in [5.41, 5.74) is 1.13. The van der Waals surface area contributed by atoms with Crippen molar-refractivity contribution < 1.29 is 4.92 Å². The van der Waals surface area contributed by atoms with E-state index in [-0.39, 0.29) is 5.82 Å². The van der Waals surface area contributed by atoms with Crippen LogP contribution in [0.2, 0.25) is 0 Å². The van der Waals surface area contributed by atoms with E-state index in [0.717, 1.165) is 5.56 Å². The number of anilines is 1. The molecule has 0 saturated carbocycles. The molecule has 7 heteroatoms. The Bertz CT molecular complexity index is 520. The van der Waals surface area contributed by atoms with Crippen LogP contribution in [0.3, 0.4) is 0 Å². The fourth-order valence-electron chi connectivity index (χ4n) is 1.71. The van der Waals surface area contributed by atoms with E-state index in [0.29, 0.717) is 12.4 Å². The highest BCUT2D eigenvalue weighted by Crippen LogP contribution is 2.26. The molecule has 0 N–H and O–H groups in total. The molecule has 0 aliphatic heterocycles. The molecule has 0 saturated heterocycles. The van der Waals surface area contributed by atoms with E-state index in [1.54, 1.807) is 23.0 Å². The maximum Gasteiger partial charge on any atom is 0.406 e. The van der Waals surface area contributed by atoms with Crippen LogP contribution in [0.5, 0.6) is 0 Å². The summed E-state index contributed by atoms with van der Waals surface area (Å²) in [6.07, 6.45) is 1.46. The summed E-state index contributed by atoms with van der Waals surface area (Å²) < 4.78 is 1.66. The Labute approximate surface area is 102 Å². The van der Waals surface area contributed by atoms with Gasteiger partial charge in [-0.2, -0.15) is 11.3 Å². The normalized spacial score (nSPS) is 10.5. The quantitative estimate of drug-likeness (QED) is 0.617. The van der Waals surface area contributed by atoms with E-state index in [1.807, 2.05) is 28.8 Å². The summed E-state index contributed by atoms with van der Waals surface area (Å²) in [6.45, 7) is 0.629. The zero-order valence-corrected chi connectivity index (χ0v) is 10.3. The monoisotopic (exact) mass is 252 g/mol. The van der Waals surface area contributed by atoms with Gasteiger partial charge in [-0.15, -0.1) is 0 Å². The molecule has 0 aliphatic rings. The van der Waals surface area contributed by atoms with E-state index in [4.69, 9.17) is 0 Å². The second-order valence-corrected chi connectivity index (χ2v) is 4.53. The van der Waals surface area contributed by atoms with Crippen LogP contribution in [-0.4, -0.2) is 21.5 Å². The van der Waals surface area contributed by atoms with Crippen LogP contribution in [0.15, 0.2) is 23.2 Å². The number of nitro groups is 1. The standard InChI is InChI=1S/C10H12N4O2S/c1-12(5-8-3-4-17-6-8)10-9(14(15)16)11-7-13(10)2/h3-4,6-7H,5H2,1-2H3. The number of aryl methyl sites for hydroxylation is 1. The van der Waals surface area contributed by atoms with Crippen molar-refractivity contribution in [1.29, 1.82) is 0 Å². The van der Waals surface area contributed by atoms with Crippen molar-refractivity contribution in [3.63, 3.8) is 0 Å². The zero-order valence-electron chi connectivity index (χ0n) is 9.53. The summed E-state index contributed by atoms with van der Waals surface area (Å²) in [5.74, 6) is 0.409. The van der Waals surface area contributed by atoms with Gasteiger partial charge in [-0.25, -0.2) is 0 Å². The Morgan fingerprint density at radius 3 is 3.00 bits per heavy atom. The first-order valence-corrected chi connectivity index (χ1v) is 5.92. The van der Waals surface area contributed by atoms with Gasteiger partial charge in [-0.05, 0) is 32.3 Å². The van der Waals surface area contributed by atoms with E-state index in [1.165, 1.54) is 6.33 Å². The summed E-state index contributed by atoms with van der Waals surface area (Å²) >= 11 is 1.61. The highest BCUT2D eigenvalue weighted by molar-refractivity contribution is 7.07. The van der Waals surface area contributed by atoms with Gasteiger partial charge in [0.15, 0.2) is 0 Å². The van der Waals surface area contributed by atoms with Crippen LogP contribution in [0.25, 0.3) is 0 Å². The SMILES string of the molecule is CN(Cc1ccsc1)c1c([N+](=O)[O-])ncn1C. The third-order valence-electron chi connectivity index (χ3n) is 2.42. The lowest BCUT2D eigenvalue weighted by molar-refractivity contribution is -0.388. The number of thiophene rings is 1. The van der Waals surface area contributed by atoms with Crippen LogP contribution < -0.4 is 4.90 Å². The number of nitrogens with zero attached hydrogens (tertiary/aromatic N) is 4. The van der Waals surface area contributed by atoms with E-state index in [2.05, 4.69) is 4.98 Å². The van der Waals surface area contributed by atoms with E-state index < -0.39 is 4.92 Å². The van der Waals surface area contributed by atoms with E-state index in [9.17, 15) is 10.1 Å². The van der Waals surface area contributed by atoms with Gasteiger partial charge < -0.3 is 15.0 Å². The third kappa shape index (κ3) is 2.28. The summed E-state index contributed by atoms with van der Waals surface area (Å²) in [7, 11) is 3.57. The van der Waals surface area contributed by atoms with Crippen LogP contribution in [0.1, 0.15) is 5.56 Å². The molecule has 0 unspecified atom stereocenters. The number of rotatable bonds is 4. The molecule has 0 spiro atoms. The maximum atomic E-state index is 10.8. The fourth-order valence-corrected chi connectivity index (χ4v) is 2.37. The number of aromatic nitrogens is 2. The maximum absolute atomic E-state index is 10.8. The minimum atomic E-state index is -0.459. The smallest absolute Gasteiger partial charge is 0.358 e. The lowest BCUT2D eigenvalue weighted by atomic mass is 10.3. The molecule has 0 amide bonds. The van der Waals surface area contributed by atoms with Crippen LogP contribution in [-0.2, 0) is 13.6 Å². The van der Waals surface area contributed by atoms with Gasteiger partial charge in [0.25, 0.3) is 0 Å². The van der Waals surface area contributed by atoms with Gasteiger partial charge in [-0.3, -0.25) is 4.57 Å². The molecule has 2 aromatic rings. The average molecular weight is 252 g/mol. The summed E-state index contributed by atoms with van der Waals surface area (Å²) in [4.78, 5) is 16.0. The first-order chi connectivity index (χ1) is 8.09. The highest BCUT2D eigenvalue weighted by atomic mass is 32.1. The summed E-state index contributed by atoms with van der Waals surface area (Å²) in [5, 5.41) is 14.9. The van der Waals surface area contributed by atoms with Crippen molar-refractivity contribution in [2.75, 3.05) is 11.9 Å². The molecule has 0 aliphatic carbocycles. The zero-order chi connectivity index (χ0) is 12.4. The molecule has 0 aromatic carbocycles. The summed E-state index contributed by atoms with van der Waals surface area (Å²) in [6, 6.07) is 2.00. The molecule has 0 fully saturated rings. The first-order valence-electron chi connectivity index (χ1n) is 4.97. The van der Waals surface area contributed by atoms with Gasteiger partial charge in [-0.1, -0.05) is 0 Å². The molecule has 2 heterocycles. The van der Waals surface area contributed by atoms with Crippen molar-refractivity contribution in [1.82, 2.24) is 9.55 Å². The minimum absolute atomic E-state index is 0.106. The van der Waals surface area contributed by atoms with Crippen molar-refractivity contribution in [2.45, 2.75) is 6.54 Å². The molecule has 0 atom stereocenters. The first kappa shape index (κ1) is 11.6. The van der Waals surface area contributed by atoms with Gasteiger partial charge in [0, 0.05) is 20.6 Å². The fraction of sp³-hybridized carbons (Fsp3) is 0.300. The van der Waals surface area contributed by atoms with Crippen molar-refractivity contribution in [2.24, 2.45) is 7.05 Å². The predicted molar refractivity (Wildman–Crippen MR) is 66.3 cm³/mol. The second-order valence-electron chi connectivity index (χ2n) is 3.75. The predicted octanol–water partition coefficient (Wildman–Crippen LogP) is 2.03. The van der Waals surface area contributed by atoms with Gasteiger partial charge in [0.2, 0.25) is 12.1 Å². The van der Waals surface area contributed by atoms with Crippen LogP contribution >= 0.6 is 11.3 Å². The molecule has 2 aromatic heterocycles. The van der Waals surface area contributed by atoms with E-state index >= 15 is 0 Å². The molecule has 0 bridgehead atoms. The molecule has 90 valence electrons. The second kappa shape index (κ2) is 4.54. The van der Waals surface area contributed by atoms with Gasteiger partial charge in [0.05, 0.1) is 0 Å². The average Bonchev–Trinajstić information content (AvgIpc) is 2.86. The van der Waals surface area contributed by atoms with Gasteiger partial charge >= 0.3 is 5.82 Å². The van der Waals surface area contributed by atoms with Gasteiger partial charge in [0.1, 0.15) is 0 Å². The van der Waals surface area contributed by atoms with Crippen LogP contribution in [0, 0.1) is 10.1 Å². The van der Waals surface area contributed by atoms with Crippen LogP contribution in [0.4, 0.5) is 11.6 Å². The third-order valence-corrected chi connectivity index (χ3v) is 3.15. The van der Waals surface area contributed by atoms with Crippen molar-refractivity contribution >= 4 is 23.0 Å². The lowest BCUT2D eigenvalue weighted by Crippen LogP contribution is -2.19. The van der Waals surface area contributed by atoms with Crippen molar-refractivity contribution in [3.8, 4) is 0 Å². The van der Waals surface area contributed by atoms with Crippen molar-refractivity contribution in [3.05, 3.63) is 38.8 Å². The number of hydrogen-bond donors (Lipinski definition) is 0. The lowest BCUT2D eigenvalue weighted by Gasteiger charge is -2.17. The molecule has 2 rings (SSSR count). The highest BCUT2D eigenvalue weighted by Gasteiger charge is 2.23. The Morgan fingerprint density at radius 2 is 2.41 bits per heavy atom. The molecule has 17 heavy (non-hydrogen) atoms. The Balaban J connectivity index is 2.27. The Morgan fingerprint density at radius 1 is 1.65 bits per heavy atom. The number of imidazole rings is 1. The molecular formula is C10H12N4O2S. The number of hydrogen-bond acceptors (Lipinski definition) is 5. The largest absolute Gasteiger partial charge is 0.406 e. The molecule has 6 nitrogen and oxygen atoms in total. The Kier molecular flexibility index (Phi) is 3.10.